The Morgan fingerprint density at radius 1 is 1.41 bits per heavy atom. The zero-order valence-corrected chi connectivity index (χ0v) is 10.1. The molecule has 4 heteroatoms. The fourth-order valence-corrected chi connectivity index (χ4v) is 2.20. The van der Waals surface area contributed by atoms with Gasteiger partial charge in [-0.05, 0) is 24.1 Å². The summed E-state index contributed by atoms with van der Waals surface area (Å²) in [5.41, 5.74) is 8.21. The molecule has 17 heavy (non-hydrogen) atoms. The molecule has 1 saturated heterocycles. The van der Waals surface area contributed by atoms with Gasteiger partial charge in [0.15, 0.2) is 0 Å². The van der Waals surface area contributed by atoms with Crippen molar-refractivity contribution in [3.05, 3.63) is 29.3 Å². The molecule has 0 aromatic heterocycles. The normalized spacial score (nSPS) is 20.2. The molecule has 1 aliphatic heterocycles. The summed E-state index contributed by atoms with van der Waals surface area (Å²) in [7, 11) is 0. The number of hydrogen-bond donors (Lipinski definition) is 1. The van der Waals surface area contributed by atoms with Gasteiger partial charge in [0.25, 0.3) is 0 Å². The highest BCUT2D eigenvalue weighted by atomic mass is 16.2. The second kappa shape index (κ2) is 4.30. The molecule has 1 aromatic rings. The molecule has 1 heterocycles. The number of amides is 2. The topological polar surface area (TPSA) is 63.4 Å². The maximum atomic E-state index is 12.0. The third-order valence-corrected chi connectivity index (χ3v) is 3.20. The van der Waals surface area contributed by atoms with Crippen LogP contribution in [0.3, 0.4) is 0 Å². The van der Waals surface area contributed by atoms with Crippen LogP contribution in [-0.4, -0.2) is 11.8 Å². The highest BCUT2D eigenvalue weighted by Crippen LogP contribution is 2.30. The summed E-state index contributed by atoms with van der Waals surface area (Å²) >= 11 is 0. The Bertz CT molecular complexity index is 482. The van der Waals surface area contributed by atoms with E-state index in [1.165, 1.54) is 4.90 Å². The maximum Gasteiger partial charge on any atom is 0.237 e. The van der Waals surface area contributed by atoms with E-state index in [4.69, 9.17) is 5.73 Å². The third kappa shape index (κ3) is 1.85. The smallest absolute Gasteiger partial charge is 0.237 e. The average Bonchev–Trinajstić information content (AvgIpc) is 2.53. The predicted molar refractivity (Wildman–Crippen MR) is 65.3 cm³/mol. The molecular formula is C13H16N2O2. The lowest BCUT2D eigenvalue weighted by Gasteiger charge is -2.19. The Hall–Kier alpha value is -1.68. The molecule has 1 atom stereocenters. The molecule has 90 valence electrons. The Balaban J connectivity index is 2.51. The summed E-state index contributed by atoms with van der Waals surface area (Å²) in [6, 6.07) is 5.55. The lowest BCUT2D eigenvalue weighted by atomic mass is 10.1. The quantitative estimate of drug-likeness (QED) is 0.783. The van der Waals surface area contributed by atoms with Gasteiger partial charge in [0.2, 0.25) is 11.8 Å². The molecule has 4 nitrogen and oxygen atoms in total. The van der Waals surface area contributed by atoms with Crippen LogP contribution in [0.5, 0.6) is 0 Å². The maximum absolute atomic E-state index is 12.0. The SMILES string of the molecule is Cc1cccc(N2C(=O)CC(C)C2=O)c1CN. The molecule has 2 rings (SSSR count). The summed E-state index contributed by atoms with van der Waals surface area (Å²) < 4.78 is 0. The van der Waals surface area contributed by atoms with Crippen molar-refractivity contribution in [1.29, 1.82) is 0 Å². The number of carbonyl (C=O) groups is 2. The number of aryl methyl sites for hydroxylation is 1. The van der Waals surface area contributed by atoms with E-state index in [0.29, 0.717) is 12.2 Å². The lowest BCUT2D eigenvalue weighted by molar-refractivity contribution is -0.122. The van der Waals surface area contributed by atoms with Crippen LogP contribution in [0.1, 0.15) is 24.5 Å². The summed E-state index contributed by atoms with van der Waals surface area (Å²) in [5.74, 6) is -0.494. The van der Waals surface area contributed by atoms with Crippen LogP contribution in [0.15, 0.2) is 18.2 Å². The highest BCUT2D eigenvalue weighted by molar-refractivity contribution is 6.21. The van der Waals surface area contributed by atoms with Gasteiger partial charge >= 0.3 is 0 Å². The Kier molecular flexibility index (Phi) is 2.98. The Labute approximate surface area is 100 Å². The van der Waals surface area contributed by atoms with Gasteiger partial charge < -0.3 is 5.73 Å². The van der Waals surface area contributed by atoms with Crippen LogP contribution in [0.2, 0.25) is 0 Å². The minimum absolute atomic E-state index is 0.129. The second-order valence-electron chi connectivity index (χ2n) is 4.45. The van der Waals surface area contributed by atoms with Gasteiger partial charge in [0.1, 0.15) is 0 Å². The number of rotatable bonds is 2. The zero-order chi connectivity index (χ0) is 12.6. The van der Waals surface area contributed by atoms with Gasteiger partial charge in [0, 0.05) is 18.9 Å². The minimum atomic E-state index is -0.228. The highest BCUT2D eigenvalue weighted by Gasteiger charge is 2.37. The fourth-order valence-electron chi connectivity index (χ4n) is 2.20. The molecule has 2 N–H and O–H groups in total. The number of carbonyl (C=O) groups excluding carboxylic acids is 2. The van der Waals surface area contributed by atoms with E-state index in [2.05, 4.69) is 0 Å². The van der Waals surface area contributed by atoms with Crippen molar-refractivity contribution in [2.45, 2.75) is 26.8 Å². The average molecular weight is 232 g/mol. The molecule has 1 aliphatic rings. The minimum Gasteiger partial charge on any atom is -0.326 e. The third-order valence-electron chi connectivity index (χ3n) is 3.20. The molecule has 1 fully saturated rings. The molecule has 0 spiro atoms. The molecular weight excluding hydrogens is 216 g/mol. The van der Waals surface area contributed by atoms with E-state index in [1.807, 2.05) is 19.1 Å². The van der Waals surface area contributed by atoms with Gasteiger partial charge in [0.05, 0.1) is 5.69 Å². The van der Waals surface area contributed by atoms with E-state index in [1.54, 1.807) is 13.0 Å². The summed E-state index contributed by atoms with van der Waals surface area (Å²) in [4.78, 5) is 25.1. The first-order valence-corrected chi connectivity index (χ1v) is 5.71. The van der Waals surface area contributed by atoms with E-state index >= 15 is 0 Å². The Morgan fingerprint density at radius 3 is 2.65 bits per heavy atom. The summed E-state index contributed by atoms with van der Waals surface area (Å²) in [6.45, 7) is 4.03. The summed E-state index contributed by atoms with van der Waals surface area (Å²) in [6.07, 6.45) is 0.288. The number of nitrogens with two attached hydrogens (primary N) is 1. The van der Waals surface area contributed by atoms with Crippen molar-refractivity contribution in [3.63, 3.8) is 0 Å². The van der Waals surface area contributed by atoms with E-state index < -0.39 is 0 Å². The number of imide groups is 1. The second-order valence-corrected chi connectivity index (χ2v) is 4.45. The number of hydrogen-bond acceptors (Lipinski definition) is 3. The van der Waals surface area contributed by atoms with Gasteiger partial charge in [-0.3, -0.25) is 9.59 Å². The first kappa shape index (κ1) is 11.8. The first-order valence-electron chi connectivity index (χ1n) is 5.71. The largest absolute Gasteiger partial charge is 0.326 e. The molecule has 0 saturated carbocycles. The van der Waals surface area contributed by atoms with Crippen LogP contribution in [0, 0.1) is 12.8 Å². The Morgan fingerprint density at radius 2 is 2.12 bits per heavy atom. The lowest BCUT2D eigenvalue weighted by Crippen LogP contribution is -2.31. The van der Waals surface area contributed by atoms with Gasteiger partial charge in [-0.2, -0.15) is 0 Å². The zero-order valence-electron chi connectivity index (χ0n) is 10.1. The molecule has 0 radical (unpaired) electrons. The number of benzene rings is 1. The van der Waals surface area contributed by atoms with Crippen molar-refractivity contribution < 1.29 is 9.59 Å². The van der Waals surface area contributed by atoms with Crippen LogP contribution in [0.25, 0.3) is 0 Å². The monoisotopic (exact) mass is 232 g/mol. The van der Waals surface area contributed by atoms with Crippen molar-refractivity contribution >= 4 is 17.5 Å². The van der Waals surface area contributed by atoms with Crippen LogP contribution < -0.4 is 10.6 Å². The summed E-state index contributed by atoms with van der Waals surface area (Å²) in [5, 5.41) is 0. The van der Waals surface area contributed by atoms with Crippen molar-refractivity contribution in [3.8, 4) is 0 Å². The van der Waals surface area contributed by atoms with E-state index in [9.17, 15) is 9.59 Å². The van der Waals surface area contributed by atoms with Gasteiger partial charge in [-0.1, -0.05) is 19.1 Å². The van der Waals surface area contributed by atoms with Gasteiger partial charge in [-0.25, -0.2) is 4.90 Å². The van der Waals surface area contributed by atoms with Crippen LogP contribution in [-0.2, 0) is 16.1 Å². The molecule has 1 unspecified atom stereocenters. The van der Waals surface area contributed by atoms with Crippen LogP contribution >= 0.6 is 0 Å². The molecule has 0 bridgehead atoms. The van der Waals surface area contributed by atoms with Crippen molar-refractivity contribution in [1.82, 2.24) is 0 Å². The molecule has 1 aromatic carbocycles. The number of nitrogens with zero attached hydrogens (tertiary/aromatic N) is 1. The standard InChI is InChI=1S/C13H16N2O2/c1-8-4-3-5-11(10(8)7-14)15-12(16)6-9(2)13(15)17/h3-5,9H,6-7,14H2,1-2H3. The van der Waals surface area contributed by atoms with E-state index in [0.717, 1.165) is 11.1 Å². The fraction of sp³-hybridized carbons (Fsp3) is 0.385. The van der Waals surface area contributed by atoms with Crippen molar-refractivity contribution in [2.75, 3.05) is 4.90 Å². The first-order chi connectivity index (χ1) is 8.06. The van der Waals surface area contributed by atoms with E-state index in [-0.39, 0.29) is 24.2 Å². The van der Waals surface area contributed by atoms with Crippen molar-refractivity contribution in [2.24, 2.45) is 11.7 Å². The number of anilines is 1. The predicted octanol–water partition coefficient (Wildman–Crippen LogP) is 1.35. The molecule has 0 aliphatic carbocycles. The van der Waals surface area contributed by atoms with Gasteiger partial charge in [-0.15, -0.1) is 0 Å². The van der Waals surface area contributed by atoms with Crippen LogP contribution in [0.4, 0.5) is 5.69 Å². The molecule has 2 amide bonds.